The van der Waals surface area contributed by atoms with Crippen molar-refractivity contribution in [2.24, 2.45) is 0 Å². The molecule has 0 aliphatic rings. The van der Waals surface area contributed by atoms with Crippen molar-refractivity contribution in [3.63, 3.8) is 0 Å². The maximum absolute atomic E-state index is 11.2. The fourth-order valence-electron chi connectivity index (χ4n) is 2.32. The number of nitrogens with zero attached hydrogens (tertiary/aromatic N) is 1. The van der Waals surface area contributed by atoms with Crippen LogP contribution in [0, 0.1) is 0 Å². The average Bonchev–Trinajstić information content (AvgIpc) is 3.02. The van der Waals surface area contributed by atoms with Gasteiger partial charge in [0.05, 0.1) is 16.3 Å². The first-order valence-corrected chi connectivity index (χ1v) is 8.14. The minimum Gasteiger partial charge on any atom is -0.387 e. The van der Waals surface area contributed by atoms with Crippen LogP contribution in [0.15, 0.2) is 48.0 Å². The number of rotatable bonds is 5. The fourth-order valence-corrected chi connectivity index (χ4v) is 3.11. The van der Waals surface area contributed by atoms with Crippen LogP contribution in [0.2, 0.25) is 0 Å². The Labute approximate surface area is 138 Å². The normalized spacial score (nSPS) is 12.1. The van der Waals surface area contributed by atoms with Crippen molar-refractivity contribution < 1.29 is 9.90 Å². The predicted octanol–water partition coefficient (Wildman–Crippen LogP) is 3.40. The van der Waals surface area contributed by atoms with Crippen molar-refractivity contribution in [2.75, 3.05) is 17.2 Å². The van der Waals surface area contributed by atoms with Gasteiger partial charge in [-0.3, -0.25) is 9.78 Å². The summed E-state index contributed by atoms with van der Waals surface area (Å²) in [6.07, 6.45) is 1.88. The number of aromatic nitrogens is 1. The first kappa shape index (κ1) is 15.5. The van der Waals surface area contributed by atoms with Gasteiger partial charge in [0.1, 0.15) is 6.61 Å². The van der Waals surface area contributed by atoms with E-state index in [4.69, 9.17) is 5.11 Å². The summed E-state index contributed by atoms with van der Waals surface area (Å²) in [4.78, 5) is 15.7. The summed E-state index contributed by atoms with van der Waals surface area (Å²) < 4.78 is 1.17. The van der Waals surface area contributed by atoms with Crippen LogP contribution in [0.3, 0.4) is 0 Å². The van der Waals surface area contributed by atoms with Crippen LogP contribution in [0.1, 0.15) is 18.5 Å². The average molecular weight is 327 g/mol. The first-order valence-electron chi connectivity index (χ1n) is 7.26. The van der Waals surface area contributed by atoms with E-state index >= 15 is 0 Å². The van der Waals surface area contributed by atoms with Crippen LogP contribution in [0.25, 0.3) is 10.2 Å². The molecule has 0 spiro atoms. The number of anilines is 2. The minimum absolute atomic E-state index is 0.0813. The molecule has 1 amide bonds. The highest BCUT2D eigenvalue weighted by atomic mass is 32.1. The Morgan fingerprint density at radius 1 is 1.30 bits per heavy atom. The van der Waals surface area contributed by atoms with Crippen molar-refractivity contribution in [1.29, 1.82) is 0 Å². The standard InChI is InChI=1S/C17H17N3O2S/c1-11(12-7-16-15(18-9-12)5-6-23-16)19-13-3-2-4-14(8-13)20-17(22)10-21/h2-9,11,19,21H,10H2,1H3,(H,20,22). The second-order valence-corrected chi connectivity index (χ2v) is 6.17. The third-order valence-corrected chi connectivity index (χ3v) is 4.35. The highest BCUT2D eigenvalue weighted by molar-refractivity contribution is 7.17. The Morgan fingerprint density at radius 2 is 2.13 bits per heavy atom. The molecule has 2 aromatic heterocycles. The van der Waals surface area contributed by atoms with Gasteiger partial charge < -0.3 is 15.7 Å². The van der Waals surface area contributed by atoms with Crippen molar-refractivity contribution >= 4 is 38.8 Å². The van der Waals surface area contributed by atoms with Crippen LogP contribution < -0.4 is 10.6 Å². The molecule has 2 heterocycles. The van der Waals surface area contributed by atoms with Crippen LogP contribution >= 0.6 is 11.3 Å². The quantitative estimate of drug-likeness (QED) is 0.671. The number of pyridine rings is 1. The molecule has 1 unspecified atom stereocenters. The van der Waals surface area contributed by atoms with Crippen LogP contribution in [-0.2, 0) is 4.79 Å². The van der Waals surface area contributed by atoms with E-state index in [-0.39, 0.29) is 6.04 Å². The number of hydrogen-bond acceptors (Lipinski definition) is 5. The Balaban J connectivity index is 1.75. The lowest BCUT2D eigenvalue weighted by atomic mass is 10.1. The lowest BCUT2D eigenvalue weighted by molar-refractivity contribution is -0.118. The monoisotopic (exact) mass is 327 g/mol. The highest BCUT2D eigenvalue weighted by Gasteiger charge is 2.08. The molecule has 0 bridgehead atoms. The van der Waals surface area contributed by atoms with Gasteiger partial charge in [-0.15, -0.1) is 11.3 Å². The second-order valence-electron chi connectivity index (χ2n) is 5.23. The largest absolute Gasteiger partial charge is 0.387 e. The summed E-state index contributed by atoms with van der Waals surface area (Å²) >= 11 is 1.68. The number of nitrogens with one attached hydrogen (secondary N) is 2. The summed E-state index contributed by atoms with van der Waals surface area (Å²) in [5, 5.41) is 16.9. The van der Waals surface area contributed by atoms with E-state index in [0.29, 0.717) is 5.69 Å². The molecule has 0 radical (unpaired) electrons. The van der Waals surface area contributed by atoms with Crippen molar-refractivity contribution in [1.82, 2.24) is 4.98 Å². The summed E-state index contributed by atoms with van der Waals surface area (Å²) in [6.45, 7) is 1.54. The molecule has 0 saturated carbocycles. The molecule has 3 N–H and O–H groups in total. The molecule has 118 valence electrons. The molecule has 1 aromatic carbocycles. The number of amides is 1. The Hall–Kier alpha value is -2.44. The summed E-state index contributed by atoms with van der Waals surface area (Å²) in [5.41, 5.74) is 3.65. The lowest BCUT2D eigenvalue weighted by Crippen LogP contribution is -2.15. The molecule has 23 heavy (non-hydrogen) atoms. The maximum atomic E-state index is 11.2. The van der Waals surface area contributed by atoms with Gasteiger partial charge in [0.15, 0.2) is 0 Å². The molecule has 0 aliphatic carbocycles. The third kappa shape index (κ3) is 3.67. The number of fused-ring (bicyclic) bond motifs is 1. The highest BCUT2D eigenvalue weighted by Crippen LogP contribution is 2.25. The van der Waals surface area contributed by atoms with Gasteiger partial charge in [0, 0.05) is 17.6 Å². The van der Waals surface area contributed by atoms with Crippen LogP contribution in [-0.4, -0.2) is 22.6 Å². The zero-order chi connectivity index (χ0) is 16.2. The van der Waals surface area contributed by atoms with Gasteiger partial charge in [-0.25, -0.2) is 0 Å². The van der Waals surface area contributed by atoms with Gasteiger partial charge in [0.25, 0.3) is 0 Å². The molecule has 1 atom stereocenters. The SMILES string of the molecule is CC(Nc1cccc(NC(=O)CO)c1)c1cnc2ccsc2c1. The minimum atomic E-state index is -0.527. The second kappa shape index (κ2) is 6.76. The molecule has 3 rings (SSSR count). The molecule has 0 saturated heterocycles. The van der Waals surface area contributed by atoms with E-state index in [1.54, 1.807) is 17.4 Å². The molecule has 6 heteroatoms. The number of aliphatic hydroxyl groups is 1. The van der Waals surface area contributed by atoms with Crippen molar-refractivity contribution in [2.45, 2.75) is 13.0 Å². The molecule has 3 aromatic rings. The first-order chi connectivity index (χ1) is 11.2. The van der Waals surface area contributed by atoms with E-state index in [9.17, 15) is 4.79 Å². The number of benzene rings is 1. The fraction of sp³-hybridized carbons (Fsp3) is 0.176. The molecule has 0 fully saturated rings. The van der Waals surface area contributed by atoms with Crippen molar-refractivity contribution in [3.8, 4) is 0 Å². The molecule has 5 nitrogen and oxygen atoms in total. The van der Waals surface area contributed by atoms with Crippen molar-refractivity contribution in [3.05, 3.63) is 53.5 Å². The summed E-state index contributed by atoms with van der Waals surface area (Å²) in [7, 11) is 0. The predicted molar refractivity (Wildman–Crippen MR) is 93.8 cm³/mol. The number of carbonyl (C=O) groups excluding carboxylic acids is 1. The molecular weight excluding hydrogens is 310 g/mol. The Kier molecular flexibility index (Phi) is 4.55. The number of carbonyl (C=O) groups is 1. The van der Waals surface area contributed by atoms with E-state index in [1.165, 1.54) is 4.70 Å². The van der Waals surface area contributed by atoms with E-state index in [2.05, 4.69) is 28.6 Å². The number of aliphatic hydroxyl groups excluding tert-OH is 1. The number of thiophene rings is 1. The Morgan fingerprint density at radius 3 is 2.96 bits per heavy atom. The lowest BCUT2D eigenvalue weighted by Gasteiger charge is -2.16. The van der Waals surface area contributed by atoms with Gasteiger partial charge in [-0.2, -0.15) is 0 Å². The van der Waals surface area contributed by atoms with E-state index < -0.39 is 12.5 Å². The number of hydrogen-bond donors (Lipinski definition) is 3. The zero-order valence-electron chi connectivity index (χ0n) is 12.6. The molecular formula is C17H17N3O2S. The van der Waals surface area contributed by atoms with E-state index in [1.807, 2.05) is 35.8 Å². The third-order valence-electron chi connectivity index (χ3n) is 3.50. The van der Waals surface area contributed by atoms with Gasteiger partial charge in [0.2, 0.25) is 5.91 Å². The smallest absolute Gasteiger partial charge is 0.250 e. The maximum Gasteiger partial charge on any atom is 0.250 e. The zero-order valence-corrected chi connectivity index (χ0v) is 13.4. The van der Waals surface area contributed by atoms with Gasteiger partial charge >= 0.3 is 0 Å². The van der Waals surface area contributed by atoms with Crippen LogP contribution in [0.5, 0.6) is 0 Å². The van der Waals surface area contributed by atoms with Crippen LogP contribution in [0.4, 0.5) is 11.4 Å². The van der Waals surface area contributed by atoms with E-state index in [0.717, 1.165) is 16.8 Å². The topological polar surface area (TPSA) is 74.2 Å². The Bertz CT molecular complexity index is 831. The van der Waals surface area contributed by atoms with Gasteiger partial charge in [-0.1, -0.05) is 6.07 Å². The summed E-state index contributed by atoms with van der Waals surface area (Å²) in [5.74, 6) is -0.428. The molecule has 0 aliphatic heterocycles. The summed E-state index contributed by atoms with van der Waals surface area (Å²) in [6, 6.07) is 11.6. The van der Waals surface area contributed by atoms with Gasteiger partial charge in [-0.05, 0) is 48.2 Å².